The maximum Gasteiger partial charge on any atom is 0.416 e. The summed E-state index contributed by atoms with van der Waals surface area (Å²) >= 11 is 0. The minimum Gasteiger partial charge on any atom is -0.464 e. The van der Waals surface area contributed by atoms with E-state index in [2.05, 4.69) is 0 Å². The maximum atomic E-state index is 11.2. The van der Waals surface area contributed by atoms with E-state index >= 15 is 0 Å². The van der Waals surface area contributed by atoms with Gasteiger partial charge in [-0.15, -0.1) is 0 Å². The Balaban J connectivity index is 2.43. The molecule has 0 unspecified atom stereocenters. The zero-order valence-electron chi connectivity index (χ0n) is 8.87. The van der Waals surface area contributed by atoms with Crippen molar-refractivity contribution in [1.82, 2.24) is 4.57 Å². The van der Waals surface area contributed by atoms with Gasteiger partial charge < -0.3 is 9.67 Å². The standard InChI is InChI=1S/C12H12N2O2/c1-13-8-7-11(9-13)14(12(15)16)10-5-3-2-4-6-10/h2-9H,1H3,(H,15,16). The third kappa shape index (κ3) is 1.91. The molecule has 2 rings (SSSR count). The van der Waals surface area contributed by atoms with E-state index in [0.29, 0.717) is 11.4 Å². The molecule has 1 aromatic carbocycles. The molecule has 0 radical (unpaired) electrons. The highest BCUT2D eigenvalue weighted by Crippen LogP contribution is 2.25. The van der Waals surface area contributed by atoms with Gasteiger partial charge in [0.05, 0.1) is 11.4 Å². The lowest BCUT2D eigenvalue weighted by molar-refractivity contribution is 0.205. The summed E-state index contributed by atoms with van der Waals surface area (Å²) in [4.78, 5) is 12.5. The van der Waals surface area contributed by atoms with Crippen molar-refractivity contribution in [3.05, 3.63) is 48.8 Å². The molecule has 0 fully saturated rings. The minimum absolute atomic E-state index is 0.640. The van der Waals surface area contributed by atoms with Crippen molar-refractivity contribution in [3.63, 3.8) is 0 Å². The van der Waals surface area contributed by atoms with E-state index in [0.717, 1.165) is 0 Å². The van der Waals surface area contributed by atoms with Gasteiger partial charge in [0.25, 0.3) is 0 Å². The highest BCUT2D eigenvalue weighted by molar-refractivity contribution is 5.94. The summed E-state index contributed by atoms with van der Waals surface area (Å²) in [6.45, 7) is 0. The fourth-order valence-electron chi connectivity index (χ4n) is 1.57. The van der Waals surface area contributed by atoms with Crippen LogP contribution in [0.4, 0.5) is 16.2 Å². The number of anilines is 2. The van der Waals surface area contributed by atoms with Gasteiger partial charge in [-0.25, -0.2) is 9.69 Å². The summed E-state index contributed by atoms with van der Waals surface area (Å²) in [5, 5.41) is 9.21. The molecule has 1 N–H and O–H groups in total. The van der Waals surface area contributed by atoms with Crippen molar-refractivity contribution >= 4 is 17.5 Å². The predicted octanol–water partition coefficient (Wildman–Crippen LogP) is 2.84. The molecule has 82 valence electrons. The van der Waals surface area contributed by atoms with Gasteiger partial charge in [0, 0.05) is 19.4 Å². The fraction of sp³-hybridized carbons (Fsp3) is 0.0833. The number of rotatable bonds is 2. The molecule has 0 saturated carbocycles. The van der Waals surface area contributed by atoms with Crippen LogP contribution in [0, 0.1) is 0 Å². The van der Waals surface area contributed by atoms with Crippen LogP contribution in [0.3, 0.4) is 0 Å². The van der Waals surface area contributed by atoms with Crippen LogP contribution in [0.5, 0.6) is 0 Å². The Morgan fingerprint density at radius 1 is 1.19 bits per heavy atom. The Morgan fingerprint density at radius 3 is 2.38 bits per heavy atom. The number of carboxylic acid groups (broad SMARTS) is 1. The van der Waals surface area contributed by atoms with Crippen LogP contribution in [0.2, 0.25) is 0 Å². The summed E-state index contributed by atoms with van der Waals surface area (Å²) in [5.74, 6) is 0. The lowest BCUT2D eigenvalue weighted by atomic mass is 10.3. The van der Waals surface area contributed by atoms with Gasteiger partial charge in [0.15, 0.2) is 0 Å². The van der Waals surface area contributed by atoms with Crippen LogP contribution in [0.15, 0.2) is 48.8 Å². The Kier molecular flexibility index (Phi) is 2.64. The summed E-state index contributed by atoms with van der Waals surface area (Å²) in [5.41, 5.74) is 1.28. The molecule has 4 nitrogen and oxygen atoms in total. The molecule has 0 aliphatic carbocycles. The molecule has 16 heavy (non-hydrogen) atoms. The average Bonchev–Trinajstić information content (AvgIpc) is 2.66. The fourth-order valence-corrected chi connectivity index (χ4v) is 1.57. The first kappa shape index (κ1) is 10.3. The number of nitrogens with zero attached hydrogens (tertiary/aromatic N) is 2. The molecule has 0 aliphatic heterocycles. The summed E-state index contributed by atoms with van der Waals surface area (Å²) < 4.78 is 1.81. The zero-order chi connectivity index (χ0) is 11.5. The van der Waals surface area contributed by atoms with Crippen LogP contribution >= 0.6 is 0 Å². The molecule has 0 bridgehead atoms. The zero-order valence-corrected chi connectivity index (χ0v) is 8.87. The molecule has 0 saturated heterocycles. The molecular weight excluding hydrogens is 204 g/mol. The van der Waals surface area contributed by atoms with Crippen LogP contribution < -0.4 is 4.90 Å². The molecule has 2 aromatic rings. The van der Waals surface area contributed by atoms with E-state index in [1.807, 2.05) is 36.0 Å². The van der Waals surface area contributed by atoms with Gasteiger partial charge in [-0.2, -0.15) is 0 Å². The lowest BCUT2D eigenvalue weighted by Crippen LogP contribution is -2.23. The Hall–Kier alpha value is -2.23. The van der Waals surface area contributed by atoms with Crippen molar-refractivity contribution in [3.8, 4) is 0 Å². The molecule has 1 aromatic heterocycles. The second-order valence-corrected chi connectivity index (χ2v) is 3.49. The number of aryl methyl sites for hydroxylation is 1. The van der Waals surface area contributed by atoms with Crippen LogP contribution in [-0.2, 0) is 7.05 Å². The number of hydrogen-bond donors (Lipinski definition) is 1. The van der Waals surface area contributed by atoms with Crippen molar-refractivity contribution in [1.29, 1.82) is 0 Å². The first-order valence-corrected chi connectivity index (χ1v) is 4.88. The maximum absolute atomic E-state index is 11.2. The van der Waals surface area contributed by atoms with Crippen LogP contribution in [0.25, 0.3) is 0 Å². The number of hydrogen-bond acceptors (Lipinski definition) is 1. The Bertz CT molecular complexity index is 491. The van der Waals surface area contributed by atoms with Crippen molar-refractivity contribution in [2.75, 3.05) is 4.90 Å². The third-order valence-electron chi connectivity index (χ3n) is 2.28. The van der Waals surface area contributed by atoms with Gasteiger partial charge in [-0.3, -0.25) is 0 Å². The van der Waals surface area contributed by atoms with Gasteiger partial charge in [-0.1, -0.05) is 18.2 Å². The van der Waals surface area contributed by atoms with Gasteiger partial charge in [-0.05, 0) is 18.2 Å². The second kappa shape index (κ2) is 4.10. The first-order valence-electron chi connectivity index (χ1n) is 4.88. The monoisotopic (exact) mass is 216 g/mol. The van der Waals surface area contributed by atoms with E-state index in [-0.39, 0.29) is 0 Å². The number of aromatic nitrogens is 1. The second-order valence-electron chi connectivity index (χ2n) is 3.49. The molecule has 4 heteroatoms. The van der Waals surface area contributed by atoms with E-state index < -0.39 is 6.09 Å². The predicted molar refractivity (Wildman–Crippen MR) is 62.0 cm³/mol. The van der Waals surface area contributed by atoms with E-state index in [4.69, 9.17) is 0 Å². The summed E-state index contributed by atoms with van der Waals surface area (Å²) in [6.07, 6.45) is 2.59. The van der Waals surface area contributed by atoms with Gasteiger partial charge in [0.2, 0.25) is 0 Å². The molecule has 0 atom stereocenters. The topological polar surface area (TPSA) is 45.5 Å². The van der Waals surface area contributed by atoms with E-state index in [1.54, 1.807) is 24.4 Å². The molecule has 0 aliphatic rings. The first-order chi connectivity index (χ1) is 7.68. The number of carbonyl (C=O) groups is 1. The Morgan fingerprint density at radius 2 is 1.88 bits per heavy atom. The molecule has 1 heterocycles. The van der Waals surface area contributed by atoms with E-state index in [9.17, 15) is 9.90 Å². The highest BCUT2D eigenvalue weighted by Gasteiger charge is 2.16. The van der Waals surface area contributed by atoms with Crippen molar-refractivity contribution in [2.45, 2.75) is 0 Å². The normalized spacial score (nSPS) is 10.1. The van der Waals surface area contributed by atoms with Crippen molar-refractivity contribution in [2.24, 2.45) is 7.05 Å². The number of para-hydroxylation sites is 1. The lowest BCUT2D eigenvalue weighted by Gasteiger charge is -2.17. The van der Waals surface area contributed by atoms with E-state index in [1.165, 1.54) is 4.90 Å². The SMILES string of the molecule is Cn1ccc(N(C(=O)O)c2ccccc2)c1. The number of benzene rings is 1. The summed E-state index contributed by atoms with van der Waals surface area (Å²) in [7, 11) is 1.86. The molecule has 1 amide bonds. The molecular formula is C12H12N2O2. The third-order valence-corrected chi connectivity index (χ3v) is 2.28. The minimum atomic E-state index is -0.989. The largest absolute Gasteiger partial charge is 0.464 e. The van der Waals surface area contributed by atoms with Crippen LogP contribution in [-0.4, -0.2) is 15.8 Å². The summed E-state index contributed by atoms with van der Waals surface area (Å²) in [6, 6.07) is 10.8. The quantitative estimate of drug-likeness (QED) is 0.838. The van der Waals surface area contributed by atoms with Crippen LogP contribution in [0.1, 0.15) is 0 Å². The van der Waals surface area contributed by atoms with Gasteiger partial charge in [0.1, 0.15) is 0 Å². The van der Waals surface area contributed by atoms with Crippen molar-refractivity contribution < 1.29 is 9.90 Å². The number of amides is 1. The highest BCUT2D eigenvalue weighted by atomic mass is 16.4. The Labute approximate surface area is 93.4 Å². The molecule has 0 spiro atoms. The average molecular weight is 216 g/mol. The van der Waals surface area contributed by atoms with Gasteiger partial charge >= 0.3 is 6.09 Å². The smallest absolute Gasteiger partial charge is 0.416 e.